The van der Waals surface area contributed by atoms with Gasteiger partial charge in [-0.3, -0.25) is 0 Å². The van der Waals surface area contributed by atoms with Gasteiger partial charge in [-0.05, 0) is 98.5 Å². The Morgan fingerprint density at radius 1 is 0.636 bits per heavy atom. The first-order valence-electron chi connectivity index (χ1n) is 13.8. The zero-order chi connectivity index (χ0) is 23.9. The lowest BCUT2D eigenvalue weighted by Crippen LogP contribution is -2.30. The largest absolute Gasteiger partial charge is 0.312 e. The summed E-state index contributed by atoms with van der Waals surface area (Å²) in [6.45, 7) is 14.6. The average Bonchev–Trinajstić information content (AvgIpc) is 2.84. The minimum absolute atomic E-state index is 0.829. The normalized spacial score (nSPS) is 20.0. The first-order chi connectivity index (χ1) is 16.3. The Kier molecular flexibility index (Phi) is 13.4. The van der Waals surface area contributed by atoms with E-state index in [1.165, 1.54) is 74.7 Å². The fourth-order valence-corrected chi connectivity index (χ4v) is 5.08. The average molecular weight is 451 g/mol. The molecule has 0 heterocycles. The van der Waals surface area contributed by atoms with E-state index >= 15 is 0 Å². The summed E-state index contributed by atoms with van der Waals surface area (Å²) in [6, 6.07) is 17.8. The summed E-state index contributed by atoms with van der Waals surface area (Å²) in [5.74, 6) is 2.55. The Bertz CT molecular complexity index is 757. The molecule has 4 rings (SSSR count). The lowest BCUT2D eigenvalue weighted by Gasteiger charge is -2.30. The van der Waals surface area contributed by atoms with Crippen LogP contribution in [-0.4, -0.2) is 13.1 Å². The summed E-state index contributed by atoms with van der Waals surface area (Å²) in [4.78, 5) is 0. The fraction of sp³-hybridized carbons (Fsp3) is 0.613. The van der Waals surface area contributed by atoms with Crippen LogP contribution in [0.15, 0.2) is 48.5 Å². The van der Waals surface area contributed by atoms with Crippen molar-refractivity contribution >= 4 is 0 Å². The smallest absolute Gasteiger partial charge is 0.0208 e. The molecular formula is C31H50N2. The van der Waals surface area contributed by atoms with Crippen LogP contribution < -0.4 is 10.6 Å². The second kappa shape index (κ2) is 16.1. The van der Waals surface area contributed by atoms with Gasteiger partial charge >= 0.3 is 0 Å². The van der Waals surface area contributed by atoms with E-state index in [2.05, 4.69) is 66.1 Å². The third-order valence-electron chi connectivity index (χ3n) is 7.32. The number of hydrogen-bond donors (Lipinski definition) is 2. The number of aryl methyl sites for hydroxylation is 1. The molecule has 0 unspecified atom stereocenters. The molecule has 0 bridgehead atoms. The van der Waals surface area contributed by atoms with E-state index < -0.39 is 0 Å². The Labute approximate surface area is 205 Å². The predicted molar refractivity (Wildman–Crippen MR) is 146 cm³/mol. The van der Waals surface area contributed by atoms with Crippen LogP contribution in [0.4, 0.5) is 0 Å². The van der Waals surface area contributed by atoms with Crippen molar-refractivity contribution in [2.75, 3.05) is 13.1 Å². The predicted octanol–water partition coefficient (Wildman–Crippen LogP) is 8.00. The highest BCUT2D eigenvalue weighted by molar-refractivity contribution is 5.31. The Hall–Kier alpha value is -1.64. The van der Waals surface area contributed by atoms with E-state index in [9.17, 15) is 0 Å². The molecule has 0 spiro atoms. The van der Waals surface area contributed by atoms with Gasteiger partial charge in [0, 0.05) is 13.1 Å². The third-order valence-corrected chi connectivity index (χ3v) is 7.32. The molecule has 0 aliphatic heterocycles. The van der Waals surface area contributed by atoms with Gasteiger partial charge in [-0.1, -0.05) is 82.6 Å². The zero-order valence-corrected chi connectivity index (χ0v) is 22.1. The second-order valence-corrected chi connectivity index (χ2v) is 9.40. The Morgan fingerprint density at radius 3 is 1.64 bits per heavy atom. The molecule has 184 valence electrons. The molecule has 2 fully saturated rings. The van der Waals surface area contributed by atoms with Crippen molar-refractivity contribution in [3.63, 3.8) is 0 Å². The van der Waals surface area contributed by atoms with Crippen LogP contribution in [0.25, 0.3) is 0 Å². The second-order valence-electron chi connectivity index (χ2n) is 9.40. The van der Waals surface area contributed by atoms with E-state index in [0.717, 1.165) is 30.8 Å². The first kappa shape index (κ1) is 27.6. The lowest BCUT2D eigenvalue weighted by atomic mass is 9.78. The van der Waals surface area contributed by atoms with Gasteiger partial charge in [0.2, 0.25) is 0 Å². The summed E-state index contributed by atoms with van der Waals surface area (Å²) in [6.07, 6.45) is 9.72. The molecule has 2 aromatic carbocycles. The number of rotatable bonds is 9. The summed E-state index contributed by atoms with van der Waals surface area (Å²) >= 11 is 0. The van der Waals surface area contributed by atoms with E-state index in [1.807, 2.05) is 27.7 Å². The zero-order valence-electron chi connectivity index (χ0n) is 22.1. The van der Waals surface area contributed by atoms with Crippen molar-refractivity contribution < 1.29 is 0 Å². The van der Waals surface area contributed by atoms with Gasteiger partial charge in [0.15, 0.2) is 0 Å². The molecule has 2 aliphatic carbocycles. The topological polar surface area (TPSA) is 24.1 Å². The van der Waals surface area contributed by atoms with Crippen molar-refractivity contribution in [1.29, 1.82) is 0 Å². The minimum atomic E-state index is 0.829. The summed E-state index contributed by atoms with van der Waals surface area (Å²) in [5, 5.41) is 7.49. The first-order valence-corrected chi connectivity index (χ1v) is 13.8. The number of nitrogens with one attached hydrogen (secondary N) is 2. The summed E-state index contributed by atoms with van der Waals surface area (Å²) in [7, 11) is 0. The molecule has 0 aromatic heterocycles. The highest BCUT2D eigenvalue weighted by atomic mass is 14.9. The van der Waals surface area contributed by atoms with Crippen LogP contribution in [0.1, 0.15) is 101 Å². The van der Waals surface area contributed by atoms with Gasteiger partial charge in [-0.15, -0.1) is 0 Å². The Morgan fingerprint density at radius 2 is 1.12 bits per heavy atom. The van der Waals surface area contributed by atoms with Crippen LogP contribution in [-0.2, 0) is 13.1 Å². The van der Waals surface area contributed by atoms with Crippen molar-refractivity contribution in [1.82, 2.24) is 10.6 Å². The molecule has 0 saturated heterocycles. The van der Waals surface area contributed by atoms with Gasteiger partial charge in [0.25, 0.3) is 0 Å². The molecule has 2 saturated carbocycles. The van der Waals surface area contributed by atoms with Crippen molar-refractivity contribution in [2.45, 2.75) is 98.6 Å². The molecule has 2 N–H and O–H groups in total. The van der Waals surface area contributed by atoms with Crippen LogP contribution in [0.5, 0.6) is 0 Å². The molecule has 33 heavy (non-hydrogen) atoms. The molecule has 2 heteroatoms. The highest BCUT2D eigenvalue weighted by Gasteiger charge is 2.23. The molecule has 0 radical (unpaired) electrons. The minimum Gasteiger partial charge on any atom is -0.312 e. The van der Waals surface area contributed by atoms with Gasteiger partial charge in [-0.2, -0.15) is 0 Å². The van der Waals surface area contributed by atoms with E-state index in [4.69, 9.17) is 0 Å². The third kappa shape index (κ3) is 8.91. The molecule has 0 atom stereocenters. The fourth-order valence-electron chi connectivity index (χ4n) is 5.08. The standard InChI is InChI=1S/C27H38N2.2C2H6/c1-21-7-2-3-8-25(21)19-28-17-22-13-15-23(16-14-22)18-29-20-26-9-4-5-12-27(26)24-10-6-11-24;2*1-2/h2-5,7-9,12,22-24,28-29H,6,10-11,13-20H2,1H3;2*1-2H3. The molecule has 2 aliphatic rings. The lowest BCUT2D eigenvalue weighted by molar-refractivity contribution is 0.260. The van der Waals surface area contributed by atoms with Crippen LogP contribution in [0.2, 0.25) is 0 Å². The highest BCUT2D eigenvalue weighted by Crippen LogP contribution is 2.38. The Balaban J connectivity index is 0.000000914. The number of benzene rings is 2. The van der Waals surface area contributed by atoms with Crippen molar-refractivity contribution in [3.05, 3.63) is 70.8 Å². The van der Waals surface area contributed by atoms with Crippen LogP contribution in [0.3, 0.4) is 0 Å². The molecule has 2 aromatic rings. The van der Waals surface area contributed by atoms with Gasteiger partial charge in [0.1, 0.15) is 0 Å². The van der Waals surface area contributed by atoms with Crippen LogP contribution in [0, 0.1) is 18.8 Å². The van der Waals surface area contributed by atoms with Crippen molar-refractivity contribution in [3.8, 4) is 0 Å². The van der Waals surface area contributed by atoms with Crippen LogP contribution >= 0.6 is 0 Å². The van der Waals surface area contributed by atoms with Gasteiger partial charge in [-0.25, -0.2) is 0 Å². The molecule has 0 amide bonds. The SMILES string of the molecule is CC.CC.Cc1ccccc1CNCC1CCC(CNCc2ccccc2C2CCC2)CC1. The monoisotopic (exact) mass is 450 g/mol. The van der Waals surface area contributed by atoms with Gasteiger partial charge < -0.3 is 10.6 Å². The van der Waals surface area contributed by atoms with E-state index in [-0.39, 0.29) is 0 Å². The quantitative estimate of drug-likeness (QED) is 0.404. The molecule has 2 nitrogen and oxygen atoms in total. The number of hydrogen-bond acceptors (Lipinski definition) is 2. The summed E-state index contributed by atoms with van der Waals surface area (Å²) in [5.41, 5.74) is 5.97. The molecular weight excluding hydrogens is 400 g/mol. The maximum absolute atomic E-state index is 3.78. The summed E-state index contributed by atoms with van der Waals surface area (Å²) < 4.78 is 0. The maximum atomic E-state index is 3.78. The van der Waals surface area contributed by atoms with E-state index in [1.54, 1.807) is 5.56 Å². The van der Waals surface area contributed by atoms with E-state index in [0.29, 0.717) is 0 Å². The maximum Gasteiger partial charge on any atom is 0.0208 e. The van der Waals surface area contributed by atoms with Gasteiger partial charge in [0.05, 0.1) is 0 Å². The van der Waals surface area contributed by atoms with Crippen molar-refractivity contribution in [2.24, 2.45) is 11.8 Å².